The highest BCUT2D eigenvalue weighted by Gasteiger charge is 2.04. The predicted octanol–water partition coefficient (Wildman–Crippen LogP) is 6.17. The summed E-state index contributed by atoms with van der Waals surface area (Å²) in [7, 11) is 0. The average Bonchev–Trinajstić information content (AvgIpc) is 2.45. The van der Waals surface area contributed by atoms with E-state index in [1.54, 1.807) is 24.3 Å². The number of carbonyl (C=O) groups is 1. The van der Waals surface area contributed by atoms with E-state index in [0.29, 0.717) is 17.2 Å². The van der Waals surface area contributed by atoms with E-state index in [2.05, 4.69) is 6.92 Å². The van der Waals surface area contributed by atoms with Crippen LogP contribution in [0.5, 0.6) is 5.75 Å². The lowest BCUT2D eigenvalue weighted by Crippen LogP contribution is -2.07. The molecule has 0 aromatic heterocycles. The molecule has 0 atom stereocenters. The van der Waals surface area contributed by atoms with Gasteiger partial charge in [-0.25, -0.2) is 0 Å². The number of esters is 1. The van der Waals surface area contributed by atoms with Crippen LogP contribution < -0.4 is 4.74 Å². The van der Waals surface area contributed by atoms with Crippen LogP contribution in [0, 0.1) is 0 Å². The molecular formula is C18H27ClO2. The normalized spacial score (nSPS) is 10.6. The maximum absolute atomic E-state index is 11.7. The van der Waals surface area contributed by atoms with E-state index in [9.17, 15) is 4.79 Å². The highest BCUT2D eigenvalue weighted by Crippen LogP contribution is 2.18. The molecule has 0 bridgehead atoms. The molecule has 3 heteroatoms. The summed E-state index contributed by atoms with van der Waals surface area (Å²) in [5, 5.41) is 0.586. The molecule has 0 saturated carbocycles. The zero-order valence-electron chi connectivity index (χ0n) is 13.1. The second kappa shape index (κ2) is 11.6. The quantitative estimate of drug-likeness (QED) is 0.278. The van der Waals surface area contributed by atoms with Crippen molar-refractivity contribution in [2.24, 2.45) is 0 Å². The Morgan fingerprint density at radius 2 is 1.62 bits per heavy atom. The molecule has 0 aliphatic rings. The van der Waals surface area contributed by atoms with Crippen molar-refractivity contribution < 1.29 is 9.53 Å². The fraction of sp³-hybridized carbons (Fsp3) is 0.611. The van der Waals surface area contributed by atoms with Crippen molar-refractivity contribution in [2.75, 3.05) is 0 Å². The van der Waals surface area contributed by atoms with Crippen LogP contribution in [-0.2, 0) is 4.79 Å². The van der Waals surface area contributed by atoms with E-state index in [-0.39, 0.29) is 5.97 Å². The van der Waals surface area contributed by atoms with Gasteiger partial charge in [-0.3, -0.25) is 4.79 Å². The lowest BCUT2D eigenvalue weighted by Gasteiger charge is -2.05. The number of rotatable bonds is 11. The van der Waals surface area contributed by atoms with Crippen LogP contribution in [0.15, 0.2) is 24.3 Å². The van der Waals surface area contributed by atoms with Gasteiger partial charge in [0.2, 0.25) is 0 Å². The Morgan fingerprint density at radius 3 is 2.24 bits per heavy atom. The lowest BCUT2D eigenvalue weighted by molar-refractivity contribution is -0.134. The molecule has 0 unspecified atom stereocenters. The van der Waals surface area contributed by atoms with E-state index in [1.807, 2.05) is 0 Å². The van der Waals surface area contributed by atoms with Gasteiger partial charge in [-0.2, -0.15) is 0 Å². The minimum absolute atomic E-state index is 0.166. The van der Waals surface area contributed by atoms with Crippen LogP contribution >= 0.6 is 11.6 Å². The Labute approximate surface area is 133 Å². The SMILES string of the molecule is CCCCCCCCCCCC(=O)Oc1cccc(Cl)c1. The summed E-state index contributed by atoms with van der Waals surface area (Å²) >= 11 is 5.84. The van der Waals surface area contributed by atoms with Crippen molar-refractivity contribution in [3.05, 3.63) is 29.3 Å². The molecule has 1 rings (SSSR count). The Hall–Kier alpha value is -1.02. The number of carbonyl (C=O) groups excluding carboxylic acids is 1. The van der Waals surface area contributed by atoms with E-state index >= 15 is 0 Å². The van der Waals surface area contributed by atoms with Crippen LogP contribution in [0.2, 0.25) is 5.02 Å². The van der Waals surface area contributed by atoms with E-state index < -0.39 is 0 Å². The summed E-state index contributed by atoms with van der Waals surface area (Å²) in [6, 6.07) is 6.96. The molecule has 0 heterocycles. The van der Waals surface area contributed by atoms with Crippen molar-refractivity contribution in [3.63, 3.8) is 0 Å². The van der Waals surface area contributed by atoms with Gasteiger partial charge in [-0.05, 0) is 24.6 Å². The van der Waals surface area contributed by atoms with Gasteiger partial charge >= 0.3 is 5.97 Å². The molecular weight excluding hydrogens is 284 g/mol. The summed E-state index contributed by atoms with van der Waals surface area (Å²) in [4.78, 5) is 11.7. The summed E-state index contributed by atoms with van der Waals surface area (Å²) in [5.74, 6) is 0.364. The minimum Gasteiger partial charge on any atom is -0.426 e. The van der Waals surface area contributed by atoms with E-state index in [0.717, 1.165) is 12.8 Å². The van der Waals surface area contributed by atoms with Crippen molar-refractivity contribution in [2.45, 2.75) is 71.1 Å². The third kappa shape index (κ3) is 9.52. The molecule has 0 spiro atoms. The van der Waals surface area contributed by atoms with Gasteiger partial charge in [-0.1, -0.05) is 76.0 Å². The highest BCUT2D eigenvalue weighted by atomic mass is 35.5. The third-order valence-corrected chi connectivity index (χ3v) is 3.75. The highest BCUT2D eigenvalue weighted by molar-refractivity contribution is 6.30. The van der Waals surface area contributed by atoms with Crippen LogP contribution in [0.3, 0.4) is 0 Å². The molecule has 0 amide bonds. The standard InChI is InChI=1S/C18H27ClO2/c1-2-3-4-5-6-7-8-9-10-14-18(20)21-17-13-11-12-16(19)15-17/h11-13,15H,2-10,14H2,1H3. The van der Waals surface area contributed by atoms with Gasteiger partial charge in [0, 0.05) is 11.4 Å². The van der Waals surface area contributed by atoms with Crippen molar-refractivity contribution >= 4 is 17.6 Å². The first-order chi connectivity index (χ1) is 10.2. The number of hydrogen-bond donors (Lipinski definition) is 0. The Morgan fingerprint density at radius 1 is 1.00 bits per heavy atom. The summed E-state index contributed by atoms with van der Waals surface area (Å²) in [6.45, 7) is 2.24. The van der Waals surface area contributed by atoms with Gasteiger partial charge in [0.05, 0.1) is 0 Å². The second-order valence-corrected chi connectivity index (χ2v) is 5.95. The zero-order valence-corrected chi connectivity index (χ0v) is 13.8. The molecule has 0 aliphatic carbocycles. The maximum atomic E-state index is 11.7. The van der Waals surface area contributed by atoms with Crippen molar-refractivity contribution in [1.82, 2.24) is 0 Å². The molecule has 118 valence electrons. The van der Waals surface area contributed by atoms with Gasteiger partial charge in [0.1, 0.15) is 5.75 Å². The fourth-order valence-electron chi connectivity index (χ4n) is 2.29. The van der Waals surface area contributed by atoms with Gasteiger partial charge in [0.25, 0.3) is 0 Å². The van der Waals surface area contributed by atoms with E-state index in [4.69, 9.17) is 16.3 Å². The maximum Gasteiger partial charge on any atom is 0.311 e. The second-order valence-electron chi connectivity index (χ2n) is 5.51. The molecule has 0 radical (unpaired) electrons. The molecule has 0 saturated heterocycles. The molecule has 21 heavy (non-hydrogen) atoms. The fourth-order valence-corrected chi connectivity index (χ4v) is 2.47. The van der Waals surface area contributed by atoms with Crippen LogP contribution in [-0.4, -0.2) is 5.97 Å². The molecule has 0 N–H and O–H groups in total. The molecule has 1 aromatic carbocycles. The average molecular weight is 311 g/mol. The summed E-state index contributed by atoms with van der Waals surface area (Å²) < 4.78 is 5.24. The van der Waals surface area contributed by atoms with Crippen molar-refractivity contribution in [3.8, 4) is 5.75 Å². The van der Waals surface area contributed by atoms with Crippen LogP contribution in [0.25, 0.3) is 0 Å². The largest absolute Gasteiger partial charge is 0.426 e. The molecule has 1 aromatic rings. The number of unbranched alkanes of at least 4 members (excludes halogenated alkanes) is 8. The van der Waals surface area contributed by atoms with E-state index in [1.165, 1.54) is 44.9 Å². The number of halogens is 1. The first-order valence-electron chi connectivity index (χ1n) is 8.18. The molecule has 0 fully saturated rings. The van der Waals surface area contributed by atoms with Crippen LogP contribution in [0.1, 0.15) is 71.1 Å². The Balaban J connectivity index is 1.99. The van der Waals surface area contributed by atoms with Gasteiger partial charge in [-0.15, -0.1) is 0 Å². The number of benzene rings is 1. The number of ether oxygens (including phenoxy) is 1. The smallest absolute Gasteiger partial charge is 0.311 e. The van der Waals surface area contributed by atoms with Crippen molar-refractivity contribution in [1.29, 1.82) is 0 Å². The first-order valence-corrected chi connectivity index (χ1v) is 8.56. The molecule has 0 aliphatic heterocycles. The lowest BCUT2D eigenvalue weighted by atomic mass is 10.1. The summed E-state index contributed by atoms with van der Waals surface area (Å²) in [5.41, 5.74) is 0. The number of hydrogen-bond acceptors (Lipinski definition) is 2. The third-order valence-electron chi connectivity index (χ3n) is 3.51. The molecule has 2 nitrogen and oxygen atoms in total. The predicted molar refractivity (Wildman–Crippen MR) is 88.9 cm³/mol. The Bertz CT molecular complexity index is 404. The topological polar surface area (TPSA) is 26.3 Å². The monoisotopic (exact) mass is 310 g/mol. The Kier molecular flexibility index (Phi) is 9.98. The first kappa shape index (κ1) is 18.0. The van der Waals surface area contributed by atoms with Crippen LogP contribution in [0.4, 0.5) is 0 Å². The summed E-state index contributed by atoms with van der Waals surface area (Å²) in [6.07, 6.45) is 11.7. The zero-order chi connectivity index (χ0) is 15.3. The van der Waals surface area contributed by atoms with Gasteiger partial charge in [0.15, 0.2) is 0 Å². The minimum atomic E-state index is -0.166. The van der Waals surface area contributed by atoms with Gasteiger partial charge < -0.3 is 4.74 Å².